The molecule has 0 saturated carbocycles. The Morgan fingerprint density at radius 2 is 0.581 bits per heavy atom. The molecule has 0 radical (unpaired) electrons. The molecule has 172 valence electrons. The Kier molecular flexibility index (Phi) is 8.60. The van der Waals surface area contributed by atoms with Gasteiger partial charge in [0.2, 0.25) is 0 Å². The van der Waals surface area contributed by atoms with Gasteiger partial charge >= 0.3 is 0 Å². The van der Waals surface area contributed by atoms with Gasteiger partial charge in [-0.2, -0.15) is 0 Å². The summed E-state index contributed by atoms with van der Waals surface area (Å²) in [5.41, 5.74) is 12.2. The quantitative estimate of drug-likeness (QED) is 0.398. The summed E-state index contributed by atoms with van der Waals surface area (Å²) in [6, 6.07) is 10.2. The Morgan fingerprint density at radius 3 is 0.806 bits per heavy atom. The molecule has 0 aliphatic carbocycles. The van der Waals surface area contributed by atoms with E-state index in [0.717, 1.165) is 6.42 Å². The molecule has 2 rings (SSSR count). The summed E-state index contributed by atoms with van der Waals surface area (Å²) in [4.78, 5) is 0. The lowest BCUT2D eigenvalue weighted by atomic mass is 9.80. The first-order valence-corrected chi connectivity index (χ1v) is 12.7. The van der Waals surface area contributed by atoms with Crippen molar-refractivity contribution >= 4 is 0 Å². The second kappa shape index (κ2) is 10.4. The van der Waals surface area contributed by atoms with E-state index in [-0.39, 0.29) is 0 Å². The molecule has 0 aliphatic heterocycles. The van der Waals surface area contributed by atoms with Crippen LogP contribution in [0.25, 0.3) is 0 Å². The smallest absolute Gasteiger partial charge is 0.00199 e. The van der Waals surface area contributed by atoms with Gasteiger partial charge < -0.3 is 0 Å². The van der Waals surface area contributed by atoms with E-state index in [9.17, 15) is 0 Å². The molecule has 0 fully saturated rings. The fourth-order valence-electron chi connectivity index (χ4n) is 4.98. The van der Waals surface area contributed by atoms with E-state index >= 15 is 0 Å². The highest BCUT2D eigenvalue weighted by Gasteiger charge is 2.20. The van der Waals surface area contributed by atoms with Crippen molar-refractivity contribution in [3.8, 4) is 0 Å². The molecule has 0 aliphatic rings. The molecular weight excluding hydrogens is 372 g/mol. The average Bonchev–Trinajstić information content (AvgIpc) is 2.66. The van der Waals surface area contributed by atoms with Crippen molar-refractivity contribution in [1.29, 1.82) is 0 Å². The minimum atomic E-state index is 0.538. The standard InChI is InChI=1S/C31H48/c1-18(2)26-16-30(22(9)10)28(20(5)6)14-24(26)13-25-15-29(21(7)8)31(23(11)12)17-27(25)19(3)4/h14-23H,13H2,1-12H3. The lowest BCUT2D eigenvalue weighted by Crippen LogP contribution is -2.09. The predicted molar refractivity (Wildman–Crippen MR) is 140 cm³/mol. The molecule has 0 unspecified atom stereocenters. The minimum Gasteiger partial charge on any atom is -0.0587 e. The molecular formula is C31H48. The third kappa shape index (κ3) is 5.82. The lowest BCUT2D eigenvalue weighted by Gasteiger charge is -2.25. The Labute approximate surface area is 193 Å². The van der Waals surface area contributed by atoms with Crippen molar-refractivity contribution in [3.63, 3.8) is 0 Å². The van der Waals surface area contributed by atoms with Crippen molar-refractivity contribution < 1.29 is 0 Å². The molecule has 0 atom stereocenters. The summed E-state index contributed by atoms with van der Waals surface area (Å²) in [6.07, 6.45) is 1.04. The van der Waals surface area contributed by atoms with Crippen LogP contribution in [0.15, 0.2) is 24.3 Å². The maximum atomic E-state index is 2.55. The molecule has 31 heavy (non-hydrogen) atoms. The predicted octanol–water partition coefficient (Wildman–Crippen LogP) is 10.0. The summed E-state index contributed by atoms with van der Waals surface area (Å²) < 4.78 is 0. The Balaban J connectivity index is 2.74. The molecule has 0 heterocycles. The minimum absolute atomic E-state index is 0.538. The zero-order valence-corrected chi connectivity index (χ0v) is 22.5. The van der Waals surface area contributed by atoms with Gasteiger partial charge in [-0.1, -0.05) is 107 Å². The van der Waals surface area contributed by atoms with Crippen molar-refractivity contribution in [2.45, 2.75) is 125 Å². The monoisotopic (exact) mass is 420 g/mol. The van der Waals surface area contributed by atoms with Crippen molar-refractivity contribution in [3.05, 3.63) is 68.8 Å². The maximum absolute atomic E-state index is 2.55. The summed E-state index contributed by atoms with van der Waals surface area (Å²) in [5.74, 6) is 3.31. The first-order valence-electron chi connectivity index (χ1n) is 12.7. The normalized spacial score (nSPS) is 12.5. The van der Waals surface area contributed by atoms with Gasteiger partial charge in [0.1, 0.15) is 0 Å². The Hall–Kier alpha value is -1.56. The molecule has 0 N–H and O–H groups in total. The molecule has 0 nitrogen and oxygen atoms in total. The summed E-state index contributed by atoms with van der Waals surface area (Å²) in [6.45, 7) is 28.1. The molecule has 2 aromatic carbocycles. The van der Waals surface area contributed by atoms with Crippen LogP contribution in [0.4, 0.5) is 0 Å². The highest BCUT2D eigenvalue weighted by atomic mass is 14.3. The van der Waals surface area contributed by atoms with Gasteiger partial charge in [0.25, 0.3) is 0 Å². The summed E-state index contributed by atoms with van der Waals surface area (Å²) in [5, 5.41) is 0. The van der Waals surface area contributed by atoms with Crippen molar-refractivity contribution in [2.75, 3.05) is 0 Å². The Bertz CT molecular complexity index is 802. The zero-order chi connectivity index (χ0) is 23.6. The molecule has 0 amide bonds. The topological polar surface area (TPSA) is 0 Å². The summed E-state index contributed by atoms with van der Waals surface area (Å²) >= 11 is 0. The van der Waals surface area contributed by atoms with Crippen LogP contribution >= 0.6 is 0 Å². The molecule has 2 aromatic rings. The van der Waals surface area contributed by atoms with Gasteiger partial charge in [0.05, 0.1) is 0 Å². The number of benzene rings is 2. The van der Waals surface area contributed by atoms with Crippen LogP contribution in [0.3, 0.4) is 0 Å². The van der Waals surface area contributed by atoms with Gasteiger partial charge in [-0.15, -0.1) is 0 Å². The first kappa shape index (κ1) is 25.7. The lowest BCUT2D eigenvalue weighted by molar-refractivity contribution is 0.761. The van der Waals surface area contributed by atoms with E-state index in [1.54, 1.807) is 0 Å². The van der Waals surface area contributed by atoms with Crippen LogP contribution in [0, 0.1) is 0 Å². The third-order valence-electron chi connectivity index (χ3n) is 6.80. The maximum Gasteiger partial charge on any atom is -0.00199 e. The van der Waals surface area contributed by atoms with Crippen LogP contribution in [-0.4, -0.2) is 0 Å². The second-order valence-electron chi connectivity index (χ2n) is 11.5. The van der Waals surface area contributed by atoms with Gasteiger partial charge in [-0.3, -0.25) is 0 Å². The van der Waals surface area contributed by atoms with Crippen molar-refractivity contribution in [2.24, 2.45) is 0 Å². The highest BCUT2D eigenvalue weighted by Crippen LogP contribution is 2.37. The van der Waals surface area contributed by atoms with Gasteiger partial charge in [0.15, 0.2) is 0 Å². The van der Waals surface area contributed by atoms with E-state index in [1.807, 2.05) is 0 Å². The van der Waals surface area contributed by atoms with Crippen LogP contribution in [0.1, 0.15) is 163 Å². The van der Waals surface area contributed by atoms with Crippen LogP contribution in [0.5, 0.6) is 0 Å². The van der Waals surface area contributed by atoms with E-state index < -0.39 is 0 Å². The van der Waals surface area contributed by atoms with E-state index in [4.69, 9.17) is 0 Å². The highest BCUT2D eigenvalue weighted by molar-refractivity contribution is 5.49. The fourth-order valence-corrected chi connectivity index (χ4v) is 4.98. The molecule has 0 bridgehead atoms. The Morgan fingerprint density at radius 1 is 0.355 bits per heavy atom. The van der Waals surface area contributed by atoms with Crippen LogP contribution in [0.2, 0.25) is 0 Å². The number of rotatable bonds is 8. The third-order valence-corrected chi connectivity index (χ3v) is 6.80. The van der Waals surface area contributed by atoms with E-state index in [0.29, 0.717) is 35.5 Å². The van der Waals surface area contributed by atoms with Crippen LogP contribution < -0.4 is 0 Å². The average molecular weight is 421 g/mol. The van der Waals surface area contributed by atoms with Crippen LogP contribution in [-0.2, 0) is 6.42 Å². The molecule has 0 saturated heterocycles. The zero-order valence-electron chi connectivity index (χ0n) is 22.5. The van der Waals surface area contributed by atoms with Crippen molar-refractivity contribution in [1.82, 2.24) is 0 Å². The van der Waals surface area contributed by atoms with Gasteiger partial charge in [-0.25, -0.2) is 0 Å². The second-order valence-corrected chi connectivity index (χ2v) is 11.5. The molecule has 0 heteroatoms. The molecule has 0 spiro atoms. The van der Waals surface area contributed by atoms with Gasteiger partial charge in [-0.05, 0) is 86.4 Å². The van der Waals surface area contributed by atoms with E-state index in [1.165, 1.54) is 44.5 Å². The van der Waals surface area contributed by atoms with Gasteiger partial charge in [0, 0.05) is 0 Å². The first-order chi connectivity index (χ1) is 14.3. The number of hydrogen-bond donors (Lipinski definition) is 0. The SMILES string of the molecule is CC(C)c1cc(C(C)C)c(C(C)C)cc1Cc1cc(C(C)C)c(C(C)C)cc1C(C)C. The molecule has 0 aromatic heterocycles. The summed E-state index contributed by atoms with van der Waals surface area (Å²) in [7, 11) is 0. The fraction of sp³-hybridized carbons (Fsp3) is 0.613. The number of hydrogen-bond acceptors (Lipinski definition) is 0. The largest absolute Gasteiger partial charge is 0.0587 e. The van der Waals surface area contributed by atoms with E-state index in [2.05, 4.69) is 107 Å².